The summed E-state index contributed by atoms with van der Waals surface area (Å²) >= 11 is 0. The molecule has 0 aliphatic rings. The van der Waals surface area contributed by atoms with Crippen LogP contribution < -0.4 is 5.32 Å². The van der Waals surface area contributed by atoms with Crippen molar-refractivity contribution >= 4 is 5.91 Å². The van der Waals surface area contributed by atoms with Crippen LogP contribution in [-0.4, -0.2) is 34.9 Å². The molecular weight excluding hydrogens is 867 g/mol. The van der Waals surface area contributed by atoms with Crippen molar-refractivity contribution in [1.82, 2.24) is 5.32 Å². The molecule has 0 aromatic heterocycles. The van der Waals surface area contributed by atoms with E-state index in [0.717, 1.165) is 89.9 Å². The maximum Gasteiger partial charge on any atom is 0.220 e. The molecule has 4 heteroatoms. The van der Waals surface area contributed by atoms with E-state index in [-0.39, 0.29) is 12.5 Å². The van der Waals surface area contributed by atoms with E-state index in [1.54, 1.807) is 6.08 Å². The lowest BCUT2D eigenvalue weighted by atomic mass is 10.0. The van der Waals surface area contributed by atoms with Crippen LogP contribution >= 0.6 is 0 Å². The van der Waals surface area contributed by atoms with Gasteiger partial charge in [0.15, 0.2) is 0 Å². The summed E-state index contributed by atoms with van der Waals surface area (Å²) in [5.74, 6) is -0.0729. The van der Waals surface area contributed by atoms with Gasteiger partial charge in [-0.1, -0.05) is 302 Å². The van der Waals surface area contributed by atoms with E-state index in [1.165, 1.54) is 167 Å². The lowest BCUT2D eigenvalue weighted by Gasteiger charge is -2.20. The van der Waals surface area contributed by atoms with Gasteiger partial charge in [-0.25, -0.2) is 0 Å². The fourth-order valence-corrected chi connectivity index (χ4v) is 8.64. The molecule has 0 aliphatic heterocycles. The molecule has 0 saturated carbocycles. The first kappa shape index (κ1) is 67.8. The molecule has 0 saturated heterocycles. The van der Waals surface area contributed by atoms with Crippen LogP contribution in [0.25, 0.3) is 0 Å². The largest absolute Gasteiger partial charge is 0.394 e. The Labute approximate surface area is 441 Å². The van der Waals surface area contributed by atoms with E-state index in [4.69, 9.17) is 0 Å². The molecule has 0 aliphatic carbocycles. The number of unbranched alkanes of at least 4 members (excludes halogenated alkanes) is 29. The van der Waals surface area contributed by atoms with Crippen LogP contribution in [0.4, 0.5) is 0 Å². The Hall–Kier alpha value is -3.21. The molecule has 0 aromatic rings. The Balaban J connectivity index is 3.60. The second-order valence-electron chi connectivity index (χ2n) is 20.0. The summed E-state index contributed by atoms with van der Waals surface area (Å²) in [6.45, 7) is 4.20. The average Bonchev–Trinajstić information content (AvgIpc) is 3.37. The lowest BCUT2D eigenvalue weighted by Crippen LogP contribution is -2.45. The van der Waals surface area contributed by atoms with Gasteiger partial charge < -0.3 is 15.5 Å². The van der Waals surface area contributed by atoms with Crippen LogP contribution in [0, 0.1) is 0 Å². The van der Waals surface area contributed by atoms with Gasteiger partial charge in [0.25, 0.3) is 0 Å². The fraction of sp³-hybridized carbons (Fsp3) is 0.687. The Bertz CT molecular complexity index is 1390. The van der Waals surface area contributed by atoms with Crippen molar-refractivity contribution in [1.29, 1.82) is 0 Å². The summed E-state index contributed by atoms with van der Waals surface area (Å²) in [6, 6.07) is -0.635. The Kier molecular flexibility index (Phi) is 58.3. The van der Waals surface area contributed by atoms with Crippen LogP contribution in [0.1, 0.15) is 277 Å². The van der Waals surface area contributed by atoms with E-state index in [9.17, 15) is 15.0 Å². The number of carbonyl (C=O) groups is 1. The van der Waals surface area contributed by atoms with Gasteiger partial charge in [-0.15, -0.1) is 0 Å². The van der Waals surface area contributed by atoms with Crippen LogP contribution in [-0.2, 0) is 4.79 Å². The number of rotatable bonds is 54. The van der Waals surface area contributed by atoms with Crippen LogP contribution in [0.3, 0.4) is 0 Å². The number of amides is 1. The molecule has 4 nitrogen and oxygen atoms in total. The molecule has 2 unspecified atom stereocenters. The van der Waals surface area contributed by atoms with E-state index in [2.05, 4.69) is 129 Å². The van der Waals surface area contributed by atoms with Crippen molar-refractivity contribution in [2.24, 2.45) is 0 Å². The van der Waals surface area contributed by atoms with Gasteiger partial charge in [0.1, 0.15) is 0 Å². The Morgan fingerprint density at radius 3 is 0.930 bits per heavy atom. The zero-order valence-electron chi connectivity index (χ0n) is 46.7. The number of hydrogen-bond donors (Lipinski definition) is 3. The zero-order valence-corrected chi connectivity index (χ0v) is 46.7. The molecule has 406 valence electrons. The molecule has 0 bridgehead atoms. The van der Waals surface area contributed by atoms with E-state index < -0.39 is 12.1 Å². The number of nitrogens with one attached hydrogen (secondary N) is 1. The molecule has 3 N–H and O–H groups in total. The first-order valence-electron chi connectivity index (χ1n) is 30.2. The highest BCUT2D eigenvalue weighted by molar-refractivity contribution is 5.76. The second kappa shape index (κ2) is 61.1. The summed E-state index contributed by atoms with van der Waals surface area (Å²) in [5.41, 5.74) is 0. The lowest BCUT2D eigenvalue weighted by molar-refractivity contribution is -0.123. The highest BCUT2D eigenvalue weighted by Gasteiger charge is 2.18. The summed E-state index contributed by atoms with van der Waals surface area (Å²) in [7, 11) is 0. The smallest absolute Gasteiger partial charge is 0.220 e. The summed E-state index contributed by atoms with van der Waals surface area (Å²) in [4.78, 5) is 12.5. The van der Waals surface area contributed by atoms with Crippen molar-refractivity contribution in [3.05, 3.63) is 122 Å². The number of carbonyl (C=O) groups excluding carboxylic acids is 1. The minimum Gasteiger partial charge on any atom is -0.394 e. The standard InChI is InChI=1S/C67H115NO3/c1-3-5-7-9-11-13-15-17-19-21-23-25-27-28-29-30-31-32-33-34-35-36-37-38-39-40-41-43-45-47-49-51-53-55-57-59-61-63-67(71)68-65(64-69)66(70)62-60-58-56-54-52-50-48-46-44-42-26-24-22-20-18-16-14-12-10-8-6-4-2/h5,7,11,13,17,19,23,25,28-29,31-32,34-35,37-38,40-41,60,62,65-66,69-70H,3-4,6,8-10,12,14-16,18,20-22,24,26-27,30,33,36,39,42-59,61,63-64H2,1-2H3,(H,68,71)/b7-5-,13-11-,19-17-,25-23-,29-28-,32-31-,35-34-,38-37-,41-40-,62-60+. The predicted octanol–water partition coefficient (Wildman–Crippen LogP) is 20.4. The van der Waals surface area contributed by atoms with Crippen molar-refractivity contribution in [3.8, 4) is 0 Å². The summed E-state index contributed by atoms with van der Waals surface area (Å²) in [5, 5.41) is 23.2. The van der Waals surface area contributed by atoms with Crippen LogP contribution in [0.5, 0.6) is 0 Å². The number of hydrogen-bond acceptors (Lipinski definition) is 3. The number of aliphatic hydroxyl groups excluding tert-OH is 2. The average molecular weight is 983 g/mol. The molecule has 0 spiro atoms. The molecule has 0 radical (unpaired) electrons. The molecule has 0 fully saturated rings. The monoisotopic (exact) mass is 982 g/mol. The fourth-order valence-electron chi connectivity index (χ4n) is 8.64. The van der Waals surface area contributed by atoms with Crippen LogP contribution in [0.15, 0.2) is 122 Å². The van der Waals surface area contributed by atoms with Crippen molar-refractivity contribution in [2.45, 2.75) is 289 Å². The third-order valence-electron chi connectivity index (χ3n) is 13.2. The van der Waals surface area contributed by atoms with E-state index in [1.807, 2.05) is 6.08 Å². The third kappa shape index (κ3) is 57.6. The molecular formula is C67H115NO3. The van der Waals surface area contributed by atoms with Gasteiger partial charge in [0, 0.05) is 6.42 Å². The van der Waals surface area contributed by atoms with Gasteiger partial charge in [0.2, 0.25) is 5.91 Å². The van der Waals surface area contributed by atoms with E-state index >= 15 is 0 Å². The van der Waals surface area contributed by atoms with Crippen LogP contribution in [0.2, 0.25) is 0 Å². The van der Waals surface area contributed by atoms with Gasteiger partial charge in [0.05, 0.1) is 18.8 Å². The van der Waals surface area contributed by atoms with E-state index in [0.29, 0.717) is 6.42 Å². The SMILES string of the molecule is CC/C=C\C/C=C\C/C=C\C/C=C\C/C=C\C/C=C\C/C=C\C/C=C\C/C=C\CCCCCCCCCCCC(=O)NC(CO)C(O)/C=C/CCCCCCCCCCCCCCCCCCCCCC. The van der Waals surface area contributed by atoms with Gasteiger partial charge >= 0.3 is 0 Å². The first-order valence-corrected chi connectivity index (χ1v) is 30.2. The van der Waals surface area contributed by atoms with Crippen molar-refractivity contribution in [2.75, 3.05) is 6.61 Å². The van der Waals surface area contributed by atoms with Crippen molar-refractivity contribution < 1.29 is 15.0 Å². The molecule has 2 atom stereocenters. The molecule has 71 heavy (non-hydrogen) atoms. The number of aliphatic hydroxyl groups is 2. The predicted molar refractivity (Wildman–Crippen MR) is 317 cm³/mol. The van der Waals surface area contributed by atoms with Gasteiger partial charge in [-0.2, -0.15) is 0 Å². The topological polar surface area (TPSA) is 69.6 Å². The summed E-state index contributed by atoms with van der Waals surface area (Å²) < 4.78 is 0. The van der Waals surface area contributed by atoms with Gasteiger partial charge in [-0.05, 0) is 89.9 Å². The third-order valence-corrected chi connectivity index (χ3v) is 13.2. The normalized spacial score (nSPS) is 13.7. The minimum absolute atomic E-state index is 0.0729. The van der Waals surface area contributed by atoms with Gasteiger partial charge in [-0.3, -0.25) is 4.79 Å². The molecule has 0 aromatic carbocycles. The highest BCUT2D eigenvalue weighted by Crippen LogP contribution is 2.16. The maximum atomic E-state index is 12.5. The minimum atomic E-state index is -0.851. The molecule has 0 rings (SSSR count). The first-order chi connectivity index (χ1) is 35.2. The molecule has 1 amide bonds. The zero-order chi connectivity index (χ0) is 51.3. The maximum absolute atomic E-state index is 12.5. The van der Waals surface area contributed by atoms with Crippen molar-refractivity contribution in [3.63, 3.8) is 0 Å². The Morgan fingerprint density at radius 1 is 0.352 bits per heavy atom. The quantitative estimate of drug-likeness (QED) is 0.0420. The molecule has 0 heterocycles. The summed E-state index contributed by atoms with van der Waals surface area (Å²) in [6.07, 6.45) is 93.6. The highest BCUT2D eigenvalue weighted by atomic mass is 16.3. The second-order valence-corrected chi connectivity index (χ2v) is 20.0. The number of allylic oxidation sites excluding steroid dienone is 19. The Morgan fingerprint density at radius 2 is 0.620 bits per heavy atom.